The number of aliphatic hydroxyl groups is 1. The van der Waals surface area contributed by atoms with Gasteiger partial charge in [-0.15, -0.1) is 0 Å². The summed E-state index contributed by atoms with van der Waals surface area (Å²) >= 11 is 0. The summed E-state index contributed by atoms with van der Waals surface area (Å²) in [5, 5.41) is 9.94. The van der Waals surface area contributed by atoms with Crippen molar-refractivity contribution in [3.63, 3.8) is 0 Å². The molecule has 1 saturated heterocycles. The first-order chi connectivity index (χ1) is 8.11. The second-order valence-corrected chi connectivity index (χ2v) is 4.11. The van der Waals surface area contributed by atoms with E-state index in [9.17, 15) is 9.90 Å². The largest absolute Gasteiger partial charge is 0.389 e. The van der Waals surface area contributed by atoms with Crippen molar-refractivity contribution in [1.82, 2.24) is 4.98 Å². The molecule has 0 bridgehead atoms. The summed E-state index contributed by atoms with van der Waals surface area (Å²) in [6.07, 6.45) is 2.75. The lowest BCUT2D eigenvalue weighted by Gasteiger charge is -2.41. The molecule has 1 aliphatic heterocycles. The quantitative estimate of drug-likeness (QED) is 0.586. The molecule has 0 saturated carbocycles. The maximum Gasteiger partial charge on any atom is 0.242 e. The van der Waals surface area contributed by atoms with Gasteiger partial charge >= 0.3 is 0 Å². The van der Waals surface area contributed by atoms with Crippen molar-refractivity contribution >= 4 is 11.6 Å². The summed E-state index contributed by atoms with van der Waals surface area (Å²) < 4.78 is 0. The van der Waals surface area contributed by atoms with E-state index >= 15 is 0 Å². The number of nitrogens with zero attached hydrogens (tertiary/aromatic N) is 2. The highest BCUT2D eigenvalue weighted by atomic mass is 16.3. The molecule has 0 aliphatic carbocycles. The predicted molar refractivity (Wildman–Crippen MR) is 62.0 cm³/mol. The van der Waals surface area contributed by atoms with Gasteiger partial charge in [0.2, 0.25) is 5.91 Å². The fraction of sp³-hybridized carbons (Fsp3) is 0.455. The first-order valence-electron chi connectivity index (χ1n) is 5.42. The molecule has 2 heterocycles. The van der Waals surface area contributed by atoms with Crippen molar-refractivity contribution in [2.45, 2.75) is 24.6 Å². The molecule has 1 amide bonds. The van der Waals surface area contributed by atoms with Crippen LogP contribution in [0.4, 0.5) is 5.69 Å². The number of hydrogen-bond acceptors (Lipinski definition) is 5. The van der Waals surface area contributed by atoms with Gasteiger partial charge in [0.15, 0.2) is 0 Å². The highest BCUT2D eigenvalue weighted by Crippen LogP contribution is 2.23. The van der Waals surface area contributed by atoms with Crippen LogP contribution in [0.5, 0.6) is 0 Å². The van der Waals surface area contributed by atoms with Crippen LogP contribution in [0.3, 0.4) is 0 Å². The summed E-state index contributed by atoms with van der Waals surface area (Å²) in [6.45, 7) is 0.562. The summed E-state index contributed by atoms with van der Waals surface area (Å²) in [7, 11) is 0. The Balaban J connectivity index is 2.29. The zero-order valence-corrected chi connectivity index (χ0v) is 9.28. The van der Waals surface area contributed by atoms with Crippen LogP contribution in [-0.2, 0) is 4.79 Å². The van der Waals surface area contributed by atoms with Crippen LogP contribution in [0, 0.1) is 6.07 Å². The van der Waals surface area contributed by atoms with Gasteiger partial charge in [0, 0.05) is 36.7 Å². The maximum absolute atomic E-state index is 11.4. The molecule has 3 atom stereocenters. The van der Waals surface area contributed by atoms with Crippen LogP contribution in [0.1, 0.15) is 6.42 Å². The van der Waals surface area contributed by atoms with Crippen molar-refractivity contribution < 1.29 is 9.90 Å². The molecule has 1 aromatic rings. The topological polar surface area (TPSA) is 105 Å². The highest BCUT2D eigenvalue weighted by molar-refractivity contribution is 5.84. The van der Waals surface area contributed by atoms with Gasteiger partial charge < -0.3 is 21.5 Å². The molecule has 1 fully saturated rings. The molecule has 2 rings (SSSR count). The van der Waals surface area contributed by atoms with Crippen molar-refractivity contribution in [1.29, 1.82) is 0 Å². The number of aromatic nitrogens is 1. The molecular formula is C11H15N4O2. The lowest BCUT2D eigenvalue weighted by atomic mass is 9.93. The first kappa shape index (κ1) is 11.8. The molecule has 91 valence electrons. The fourth-order valence-electron chi connectivity index (χ4n) is 2.10. The van der Waals surface area contributed by atoms with Crippen molar-refractivity contribution in [2.24, 2.45) is 11.5 Å². The first-order valence-corrected chi connectivity index (χ1v) is 5.42. The zero-order valence-electron chi connectivity index (χ0n) is 9.28. The molecule has 17 heavy (non-hydrogen) atoms. The number of rotatable bonds is 2. The van der Waals surface area contributed by atoms with E-state index in [4.69, 9.17) is 11.5 Å². The fourth-order valence-corrected chi connectivity index (χ4v) is 2.10. The number of piperidine rings is 1. The molecule has 1 radical (unpaired) electrons. The molecule has 6 nitrogen and oxygen atoms in total. The van der Waals surface area contributed by atoms with E-state index < -0.39 is 24.1 Å². The van der Waals surface area contributed by atoms with Gasteiger partial charge in [-0.2, -0.15) is 0 Å². The average molecular weight is 235 g/mol. The van der Waals surface area contributed by atoms with Crippen LogP contribution < -0.4 is 16.4 Å². The maximum atomic E-state index is 11.4. The Labute approximate surface area is 99.2 Å². The summed E-state index contributed by atoms with van der Waals surface area (Å²) in [5.41, 5.74) is 11.8. The third-order valence-corrected chi connectivity index (χ3v) is 3.01. The summed E-state index contributed by atoms with van der Waals surface area (Å²) in [5.74, 6) is -0.585. The molecule has 3 unspecified atom stereocenters. The molecule has 0 spiro atoms. The van der Waals surface area contributed by atoms with Gasteiger partial charge in [0.25, 0.3) is 0 Å². The van der Waals surface area contributed by atoms with Crippen LogP contribution in [0.25, 0.3) is 0 Å². The van der Waals surface area contributed by atoms with Gasteiger partial charge in [-0.05, 0) is 12.5 Å². The Morgan fingerprint density at radius 2 is 2.41 bits per heavy atom. The Morgan fingerprint density at radius 1 is 1.65 bits per heavy atom. The second-order valence-electron chi connectivity index (χ2n) is 4.11. The number of amides is 1. The minimum atomic E-state index is -0.956. The van der Waals surface area contributed by atoms with Gasteiger partial charge in [0.05, 0.1) is 6.10 Å². The number of primary amides is 1. The smallest absolute Gasteiger partial charge is 0.242 e. The minimum Gasteiger partial charge on any atom is -0.389 e. The molecular weight excluding hydrogens is 220 g/mol. The van der Waals surface area contributed by atoms with Crippen molar-refractivity contribution in [3.8, 4) is 0 Å². The average Bonchev–Trinajstić information content (AvgIpc) is 2.33. The molecule has 0 aromatic carbocycles. The number of hydrogen-bond donors (Lipinski definition) is 3. The number of carbonyl (C=O) groups is 1. The Hall–Kier alpha value is -1.66. The number of anilines is 1. The van der Waals surface area contributed by atoms with E-state index in [2.05, 4.69) is 11.1 Å². The minimum absolute atomic E-state index is 0.425. The predicted octanol–water partition coefficient (Wildman–Crippen LogP) is -1.37. The van der Waals surface area contributed by atoms with E-state index in [1.807, 2.05) is 0 Å². The Kier molecular flexibility index (Phi) is 3.26. The van der Waals surface area contributed by atoms with E-state index in [0.717, 1.165) is 0 Å². The van der Waals surface area contributed by atoms with Crippen molar-refractivity contribution in [3.05, 3.63) is 24.5 Å². The van der Waals surface area contributed by atoms with Gasteiger partial charge in [0.1, 0.15) is 6.04 Å². The summed E-state index contributed by atoms with van der Waals surface area (Å²) in [4.78, 5) is 17.0. The van der Waals surface area contributed by atoms with Crippen LogP contribution in [0.2, 0.25) is 0 Å². The monoisotopic (exact) mass is 235 g/mol. The second kappa shape index (κ2) is 4.68. The van der Waals surface area contributed by atoms with Crippen molar-refractivity contribution in [2.75, 3.05) is 11.4 Å². The lowest BCUT2D eigenvalue weighted by molar-refractivity contribution is -0.122. The highest BCUT2D eigenvalue weighted by Gasteiger charge is 2.38. The van der Waals surface area contributed by atoms with E-state index in [1.54, 1.807) is 17.2 Å². The molecule has 1 aliphatic rings. The molecule has 1 aromatic heterocycles. The number of aliphatic hydroxyl groups excluding tert-OH is 1. The van der Waals surface area contributed by atoms with E-state index in [1.165, 1.54) is 6.20 Å². The SMILES string of the molecule is NC(=O)C1C(O)C(N)CCN1c1[c]cncc1. The summed E-state index contributed by atoms with van der Waals surface area (Å²) in [6, 6.07) is 3.40. The molecule has 6 heteroatoms. The number of carbonyl (C=O) groups excluding carboxylic acids is 1. The Bertz CT molecular complexity index is 398. The van der Waals surface area contributed by atoms with E-state index in [-0.39, 0.29) is 0 Å². The third-order valence-electron chi connectivity index (χ3n) is 3.01. The third kappa shape index (κ3) is 2.22. The number of pyridine rings is 1. The van der Waals surface area contributed by atoms with Crippen LogP contribution in [-0.4, -0.2) is 40.7 Å². The standard InChI is InChI=1S/C11H15N4O2/c12-8-3-6-15(7-1-4-14-5-2-7)9(10(8)16)11(13)17/h1,4-5,8-10,16H,3,6,12H2,(H2,13,17). The number of nitrogens with two attached hydrogens (primary N) is 2. The normalized spacial score (nSPS) is 29.1. The van der Waals surface area contributed by atoms with Gasteiger partial charge in [-0.1, -0.05) is 0 Å². The Morgan fingerprint density at radius 3 is 3.00 bits per heavy atom. The van der Waals surface area contributed by atoms with Gasteiger partial charge in [-0.25, -0.2) is 0 Å². The van der Waals surface area contributed by atoms with Gasteiger partial charge in [-0.3, -0.25) is 9.78 Å². The van der Waals surface area contributed by atoms with Crippen LogP contribution in [0.15, 0.2) is 18.5 Å². The molecule has 5 N–H and O–H groups in total. The zero-order chi connectivity index (χ0) is 12.4. The van der Waals surface area contributed by atoms with E-state index in [0.29, 0.717) is 18.7 Å². The lowest BCUT2D eigenvalue weighted by Crippen LogP contribution is -2.62. The van der Waals surface area contributed by atoms with Crippen LogP contribution >= 0.6 is 0 Å².